The van der Waals surface area contributed by atoms with E-state index in [9.17, 15) is 9.59 Å². The third-order valence-electron chi connectivity index (χ3n) is 3.67. The molecule has 2 heterocycles. The number of anilines is 2. The predicted molar refractivity (Wildman–Crippen MR) is 88.8 cm³/mol. The SMILES string of the molecule is CN1C(=O)CNc2ncc(C(=O)NCc3ccccc3Cl)cc21. The van der Waals surface area contributed by atoms with Crippen molar-refractivity contribution < 1.29 is 9.59 Å². The van der Waals surface area contributed by atoms with Crippen molar-refractivity contribution in [3.63, 3.8) is 0 Å². The van der Waals surface area contributed by atoms with E-state index in [0.29, 0.717) is 28.6 Å². The van der Waals surface area contributed by atoms with Crippen LogP contribution in [0.2, 0.25) is 5.02 Å². The van der Waals surface area contributed by atoms with Gasteiger partial charge in [-0.1, -0.05) is 29.8 Å². The summed E-state index contributed by atoms with van der Waals surface area (Å²) in [5, 5.41) is 6.33. The number of benzene rings is 1. The molecule has 0 radical (unpaired) electrons. The van der Waals surface area contributed by atoms with E-state index in [2.05, 4.69) is 15.6 Å². The van der Waals surface area contributed by atoms with Gasteiger partial charge in [-0.05, 0) is 17.7 Å². The van der Waals surface area contributed by atoms with Gasteiger partial charge < -0.3 is 15.5 Å². The lowest BCUT2D eigenvalue weighted by atomic mass is 10.2. The first kappa shape index (κ1) is 15.3. The molecule has 1 aliphatic rings. The summed E-state index contributed by atoms with van der Waals surface area (Å²) < 4.78 is 0. The molecule has 0 unspecified atom stereocenters. The van der Waals surface area contributed by atoms with E-state index in [-0.39, 0.29) is 18.4 Å². The number of amides is 2. The number of fused-ring (bicyclic) bond motifs is 1. The van der Waals surface area contributed by atoms with Gasteiger partial charge >= 0.3 is 0 Å². The molecule has 0 saturated heterocycles. The van der Waals surface area contributed by atoms with Crippen LogP contribution in [0.15, 0.2) is 36.5 Å². The molecule has 1 aromatic heterocycles. The number of rotatable bonds is 3. The molecule has 23 heavy (non-hydrogen) atoms. The van der Waals surface area contributed by atoms with Crippen molar-refractivity contribution in [2.24, 2.45) is 0 Å². The topological polar surface area (TPSA) is 74.3 Å². The quantitative estimate of drug-likeness (QED) is 0.903. The van der Waals surface area contributed by atoms with Crippen LogP contribution in [0.4, 0.5) is 11.5 Å². The van der Waals surface area contributed by atoms with Crippen LogP contribution in [-0.4, -0.2) is 30.4 Å². The Balaban J connectivity index is 1.76. The van der Waals surface area contributed by atoms with Gasteiger partial charge in [0.15, 0.2) is 0 Å². The minimum absolute atomic E-state index is 0.0760. The minimum atomic E-state index is -0.272. The second-order valence-electron chi connectivity index (χ2n) is 5.17. The third-order valence-corrected chi connectivity index (χ3v) is 4.04. The second kappa shape index (κ2) is 6.26. The van der Waals surface area contributed by atoms with Gasteiger partial charge in [-0.3, -0.25) is 9.59 Å². The fourth-order valence-corrected chi connectivity index (χ4v) is 2.50. The number of nitrogens with one attached hydrogen (secondary N) is 2. The molecule has 6 nitrogen and oxygen atoms in total. The van der Waals surface area contributed by atoms with Gasteiger partial charge in [-0.25, -0.2) is 4.98 Å². The van der Waals surface area contributed by atoms with Gasteiger partial charge in [0.05, 0.1) is 17.8 Å². The number of carbonyl (C=O) groups is 2. The van der Waals surface area contributed by atoms with Crippen LogP contribution >= 0.6 is 11.6 Å². The molecule has 3 rings (SSSR count). The van der Waals surface area contributed by atoms with Gasteiger partial charge in [-0.15, -0.1) is 0 Å². The molecular formula is C16H15ClN4O2. The van der Waals surface area contributed by atoms with Gasteiger partial charge in [0, 0.05) is 24.8 Å². The van der Waals surface area contributed by atoms with Crippen molar-refractivity contribution in [1.29, 1.82) is 0 Å². The summed E-state index contributed by atoms with van der Waals surface area (Å²) in [6, 6.07) is 8.97. The summed E-state index contributed by atoms with van der Waals surface area (Å²) in [4.78, 5) is 29.7. The van der Waals surface area contributed by atoms with Gasteiger partial charge in [0.1, 0.15) is 5.82 Å². The maximum atomic E-state index is 12.3. The first-order valence-corrected chi connectivity index (χ1v) is 7.46. The van der Waals surface area contributed by atoms with Gasteiger partial charge in [0.25, 0.3) is 5.91 Å². The molecule has 2 aromatic rings. The summed E-state index contributed by atoms with van der Waals surface area (Å²) >= 11 is 6.07. The van der Waals surface area contributed by atoms with Crippen LogP contribution in [0.3, 0.4) is 0 Å². The summed E-state index contributed by atoms with van der Waals surface area (Å²) in [6.45, 7) is 0.525. The van der Waals surface area contributed by atoms with Crippen molar-refractivity contribution >= 4 is 34.9 Å². The highest BCUT2D eigenvalue weighted by molar-refractivity contribution is 6.31. The maximum Gasteiger partial charge on any atom is 0.253 e. The van der Waals surface area contributed by atoms with Crippen molar-refractivity contribution in [3.8, 4) is 0 Å². The Morgan fingerprint density at radius 2 is 2.22 bits per heavy atom. The average molecular weight is 331 g/mol. The molecule has 0 saturated carbocycles. The summed E-state index contributed by atoms with van der Waals surface area (Å²) in [7, 11) is 1.66. The minimum Gasteiger partial charge on any atom is -0.359 e. The third kappa shape index (κ3) is 3.12. The number of hydrogen-bond acceptors (Lipinski definition) is 4. The molecule has 7 heteroatoms. The Hall–Kier alpha value is -2.60. The second-order valence-corrected chi connectivity index (χ2v) is 5.58. The molecule has 0 aliphatic carbocycles. The highest BCUT2D eigenvalue weighted by atomic mass is 35.5. The molecule has 0 atom stereocenters. The molecule has 2 N–H and O–H groups in total. The van der Waals surface area contributed by atoms with Crippen molar-refractivity contribution in [2.45, 2.75) is 6.54 Å². The largest absolute Gasteiger partial charge is 0.359 e. The van der Waals surface area contributed by atoms with E-state index in [1.165, 1.54) is 11.1 Å². The van der Waals surface area contributed by atoms with E-state index in [1.54, 1.807) is 19.2 Å². The fourth-order valence-electron chi connectivity index (χ4n) is 2.30. The van der Waals surface area contributed by atoms with Crippen LogP contribution in [0.25, 0.3) is 0 Å². The Kier molecular flexibility index (Phi) is 4.16. The molecular weight excluding hydrogens is 316 g/mol. The lowest BCUT2D eigenvalue weighted by Gasteiger charge is -2.26. The number of carbonyl (C=O) groups excluding carboxylic acids is 2. The van der Waals surface area contributed by atoms with Crippen molar-refractivity contribution in [2.75, 3.05) is 23.8 Å². The predicted octanol–water partition coefficient (Wildman–Crippen LogP) is 2.05. The first-order valence-electron chi connectivity index (χ1n) is 7.08. The number of halogens is 1. The molecule has 2 amide bonds. The van der Waals surface area contributed by atoms with Crippen LogP contribution in [0.1, 0.15) is 15.9 Å². The Labute approximate surface area is 138 Å². The molecule has 0 fully saturated rings. The van der Waals surface area contributed by atoms with Gasteiger partial charge in [0.2, 0.25) is 5.91 Å². The average Bonchev–Trinajstić information content (AvgIpc) is 2.57. The van der Waals surface area contributed by atoms with Crippen LogP contribution in [0.5, 0.6) is 0 Å². The normalized spacial score (nSPS) is 13.3. The van der Waals surface area contributed by atoms with E-state index in [1.807, 2.05) is 18.2 Å². The smallest absolute Gasteiger partial charge is 0.253 e. The zero-order chi connectivity index (χ0) is 16.4. The van der Waals surface area contributed by atoms with E-state index in [4.69, 9.17) is 11.6 Å². The number of aromatic nitrogens is 1. The van der Waals surface area contributed by atoms with Crippen LogP contribution in [0, 0.1) is 0 Å². The molecule has 118 valence electrons. The lowest BCUT2D eigenvalue weighted by Crippen LogP contribution is -2.37. The summed E-state index contributed by atoms with van der Waals surface area (Å²) in [5.41, 5.74) is 1.81. The van der Waals surface area contributed by atoms with Gasteiger partial charge in [-0.2, -0.15) is 0 Å². The standard InChI is InChI=1S/C16H15ClN4O2/c1-21-13-6-11(8-18-15(13)19-9-14(21)22)16(23)20-7-10-4-2-3-5-12(10)17/h2-6,8H,7,9H2,1H3,(H,18,19)(H,20,23). The fraction of sp³-hybridized carbons (Fsp3) is 0.188. The summed E-state index contributed by atoms with van der Waals surface area (Å²) in [6.07, 6.45) is 1.48. The highest BCUT2D eigenvalue weighted by Gasteiger charge is 2.22. The maximum absolute atomic E-state index is 12.3. The van der Waals surface area contributed by atoms with Crippen molar-refractivity contribution in [3.05, 3.63) is 52.7 Å². The Bertz CT molecular complexity index is 778. The van der Waals surface area contributed by atoms with Crippen LogP contribution < -0.4 is 15.5 Å². The molecule has 0 spiro atoms. The zero-order valence-electron chi connectivity index (χ0n) is 12.5. The number of pyridine rings is 1. The molecule has 1 aromatic carbocycles. The Morgan fingerprint density at radius 1 is 1.43 bits per heavy atom. The first-order chi connectivity index (χ1) is 11.1. The van der Waals surface area contributed by atoms with Crippen LogP contribution in [-0.2, 0) is 11.3 Å². The summed E-state index contributed by atoms with van der Waals surface area (Å²) in [5.74, 6) is 0.245. The van der Waals surface area contributed by atoms with E-state index < -0.39 is 0 Å². The van der Waals surface area contributed by atoms with E-state index in [0.717, 1.165) is 5.56 Å². The molecule has 0 bridgehead atoms. The Morgan fingerprint density at radius 3 is 3.00 bits per heavy atom. The van der Waals surface area contributed by atoms with E-state index >= 15 is 0 Å². The molecule has 1 aliphatic heterocycles. The highest BCUT2D eigenvalue weighted by Crippen LogP contribution is 2.27. The number of likely N-dealkylation sites (N-methyl/N-ethyl adjacent to an activating group) is 1. The van der Waals surface area contributed by atoms with Crippen molar-refractivity contribution in [1.82, 2.24) is 10.3 Å². The number of nitrogens with zero attached hydrogens (tertiary/aromatic N) is 2. The zero-order valence-corrected chi connectivity index (χ0v) is 13.2. The monoisotopic (exact) mass is 330 g/mol. The lowest BCUT2D eigenvalue weighted by molar-refractivity contribution is -0.116. The number of hydrogen-bond donors (Lipinski definition) is 2.